The van der Waals surface area contributed by atoms with E-state index < -0.39 is 0 Å². The maximum absolute atomic E-state index is 13.1. The van der Waals surface area contributed by atoms with Gasteiger partial charge in [-0.3, -0.25) is 4.79 Å². The molecule has 2 heterocycles. The van der Waals surface area contributed by atoms with Crippen LogP contribution in [0.3, 0.4) is 0 Å². The normalized spacial score (nSPS) is 13.7. The number of morpholine rings is 1. The van der Waals surface area contributed by atoms with Crippen LogP contribution in [0.25, 0.3) is 11.4 Å². The number of nitrogens with one attached hydrogen (secondary N) is 1. The van der Waals surface area contributed by atoms with Gasteiger partial charge in [-0.15, -0.1) is 0 Å². The Balaban J connectivity index is 1.36. The summed E-state index contributed by atoms with van der Waals surface area (Å²) < 4.78 is 5.45. The van der Waals surface area contributed by atoms with Gasteiger partial charge >= 0.3 is 0 Å². The molecule has 9 heteroatoms. The molecule has 1 amide bonds. The Morgan fingerprint density at radius 1 is 0.976 bits per heavy atom. The smallest absolute Gasteiger partial charge is 0.255 e. The summed E-state index contributed by atoms with van der Waals surface area (Å²) in [5.74, 6) is 0.678. The molecular formula is C32H36N6O3. The highest BCUT2D eigenvalue weighted by Crippen LogP contribution is 2.29. The first kappa shape index (κ1) is 28.2. The quantitative estimate of drug-likeness (QED) is 0.304. The first-order valence-electron chi connectivity index (χ1n) is 13.8. The number of benzene rings is 3. The fourth-order valence-electron chi connectivity index (χ4n) is 4.87. The van der Waals surface area contributed by atoms with Crippen molar-refractivity contribution in [3.05, 3.63) is 94.8 Å². The number of anilines is 3. The van der Waals surface area contributed by atoms with E-state index in [-0.39, 0.29) is 23.9 Å². The highest BCUT2D eigenvalue weighted by molar-refractivity contribution is 6.05. The van der Waals surface area contributed by atoms with E-state index in [9.17, 15) is 9.90 Å². The number of aromatic nitrogens is 3. The molecule has 4 N–H and O–H groups in total. The van der Waals surface area contributed by atoms with Crippen molar-refractivity contribution in [2.45, 2.75) is 39.2 Å². The summed E-state index contributed by atoms with van der Waals surface area (Å²) >= 11 is 0. The highest BCUT2D eigenvalue weighted by atomic mass is 16.5. The number of nitrogens with zero attached hydrogens (tertiary/aromatic N) is 4. The van der Waals surface area contributed by atoms with Crippen LogP contribution < -0.4 is 16.0 Å². The number of aliphatic hydroxyl groups excluding tert-OH is 1. The number of aliphatic hydroxyl groups is 1. The van der Waals surface area contributed by atoms with Gasteiger partial charge in [0, 0.05) is 47.6 Å². The van der Waals surface area contributed by atoms with Crippen molar-refractivity contribution in [3.8, 4) is 11.4 Å². The average molecular weight is 553 g/mol. The number of carbonyl (C=O) groups is 1. The van der Waals surface area contributed by atoms with Crippen LogP contribution in [-0.2, 0) is 23.2 Å². The lowest BCUT2D eigenvalue weighted by Crippen LogP contribution is -2.36. The lowest BCUT2D eigenvalue weighted by Gasteiger charge is -2.28. The standard InChI is InChI=1S/C32H36N6O3/c1-32(2,3)23-11-9-22(10-12-23)30(40)34-27-6-4-5-25(26(27)20-39)29-35-28(36-31(33)37-29)19-21-7-13-24(14-8-21)38-15-17-41-18-16-38/h4-14,39H,15-20H2,1-3H3,(H,34,40)(H2,33,35,36,37). The monoisotopic (exact) mass is 552 g/mol. The van der Waals surface area contributed by atoms with Crippen LogP contribution in [0.2, 0.25) is 0 Å². The largest absolute Gasteiger partial charge is 0.392 e. The molecule has 0 aliphatic carbocycles. The minimum absolute atomic E-state index is 0.00893. The van der Waals surface area contributed by atoms with Gasteiger partial charge in [-0.25, -0.2) is 4.98 Å². The van der Waals surface area contributed by atoms with Gasteiger partial charge in [-0.05, 0) is 46.9 Å². The number of nitrogens with two attached hydrogens (primary N) is 1. The minimum Gasteiger partial charge on any atom is -0.392 e. The van der Waals surface area contributed by atoms with Crippen molar-refractivity contribution >= 4 is 23.2 Å². The van der Waals surface area contributed by atoms with Crippen LogP contribution in [0.4, 0.5) is 17.3 Å². The molecule has 0 radical (unpaired) electrons. The summed E-state index contributed by atoms with van der Waals surface area (Å²) in [6.07, 6.45) is 0.471. The maximum atomic E-state index is 13.1. The molecule has 212 valence electrons. The van der Waals surface area contributed by atoms with Crippen LogP contribution in [0.1, 0.15) is 53.6 Å². The van der Waals surface area contributed by atoms with Crippen molar-refractivity contribution in [2.24, 2.45) is 0 Å². The second kappa shape index (κ2) is 12.0. The van der Waals surface area contributed by atoms with E-state index >= 15 is 0 Å². The third-order valence-electron chi connectivity index (χ3n) is 7.21. The second-order valence-corrected chi connectivity index (χ2v) is 11.1. The van der Waals surface area contributed by atoms with E-state index in [2.05, 4.69) is 70.2 Å². The van der Waals surface area contributed by atoms with E-state index in [1.165, 1.54) is 0 Å². The molecule has 1 saturated heterocycles. The topological polar surface area (TPSA) is 126 Å². The third-order valence-corrected chi connectivity index (χ3v) is 7.21. The molecule has 0 atom stereocenters. The Bertz CT molecular complexity index is 1510. The van der Waals surface area contributed by atoms with Crippen LogP contribution in [-0.4, -0.2) is 52.3 Å². The number of nitrogen functional groups attached to an aromatic ring is 1. The number of ether oxygens (including phenoxy) is 1. The van der Waals surface area contributed by atoms with Crippen LogP contribution in [0.5, 0.6) is 0 Å². The molecule has 4 aromatic rings. The Labute approximate surface area is 240 Å². The zero-order valence-electron chi connectivity index (χ0n) is 23.7. The number of carbonyl (C=O) groups excluding carboxylic acids is 1. The summed E-state index contributed by atoms with van der Waals surface area (Å²) in [7, 11) is 0. The molecule has 0 saturated carbocycles. The van der Waals surface area contributed by atoms with Crippen molar-refractivity contribution in [2.75, 3.05) is 42.3 Å². The average Bonchev–Trinajstić information content (AvgIpc) is 2.97. The van der Waals surface area contributed by atoms with Crippen molar-refractivity contribution < 1.29 is 14.6 Å². The van der Waals surface area contributed by atoms with Gasteiger partial charge in [0.15, 0.2) is 5.82 Å². The molecule has 0 unspecified atom stereocenters. The van der Waals surface area contributed by atoms with Gasteiger partial charge in [0.1, 0.15) is 5.82 Å². The summed E-state index contributed by atoms with van der Waals surface area (Å²) in [5, 5.41) is 13.2. The Morgan fingerprint density at radius 3 is 2.34 bits per heavy atom. The summed E-state index contributed by atoms with van der Waals surface area (Å²) in [6, 6.07) is 21.2. The second-order valence-electron chi connectivity index (χ2n) is 11.1. The number of amides is 1. The van der Waals surface area contributed by atoms with E-state index in [0.717, 1.165) is 43.1 Å². The predicted octanol–water partition coefficient (Wildman–Crippen LogP) is 4.59. The fourth-order valence-corrected chi connectivity index (χ4v) is 4.87. The molecule has 1 fully saturated rings. The van der Waals surface area contributed by atoms with E-state index in [1.807, 2.05) is 24.3 Å². The molecule has 1 aliphatic heterocycles. The number of hydrogen-bond donors (Lipinski definition) is 3. The molecule has 1 aliphatic rings. The van der Waals surface area contributed by atoms with E-state index in [4.69, 9.17) is 10.5 Å². The van der Waals surface area contributed by atoms with Crippen LogP contribution >= 0.6 is 0 Å². The van der Waals surface area contributed by atoms with Gasteiger partial charge < -0.3 is 25.8 Å². The highest BCUT2D eigenvalue weighted by Gasteiger charge is 2.18. The fraction of sp³-hybridized carbons (Fsp3) is 0.312. The molecule has 0 spiro atoms. The predicted molar refractivity (Wildman–Crippen MR) is 161 cm³/mol. The minimum atomic E-state index is -0.321. The molecule has 3 aromatic carbocycles. The van der Waals surface area contributed by atoms with Crippen molar-refractivity contribution in [1.82, 2.24) is 15.0 Å². The lowest BCUT2D eigenvalue weighted by atomic mass is 9.86. The van der Waals surface area contributed by atoms with E-state index in [0.29, 0.717) is 40.4 Å². The zero-order valence-corrected chi connectivity index (χ0v) is 23.7. The molecule has 0 bridgehead atoms. The van der Waals surface area contributed by atoms with Gasteiger partial charge in [-0.2, -0.15) is 9.97 Å². The van der Waals surface area contributed by atoms with Gasteiger partial charge in [-0.1, -0.05) is 57.2 Å². The van der Waals surface area contributed by atoms with Crippen LogP contribution in [0, 0.1) is 0 Å². The van der Waals surface area contributed by atoms with Gasteiger partial charge in [0.05, 0.1) is 19.8 Å². The summed E-state index contributed by atoms with van der Waals surface area (Å²) in [4.78, 5) is 28.8. The molecule has 9 nitrogen and oxygen atoms in total. The van der Waals surface area contributed by atoms with Gasteiger partial charge in [0.2, 0.25) is 5.95 Å². The van der Waals surface area contributed by atoms with Gasteiger partial charge in [0.25, 0.3) is 5.91 Å². The van der Waals surface area contributed by atoms with Crippen molar-refractivity contribution in [3.63, 3.8) is 0 Å². The molecule has 41 heavy (non-hydrogen) atoms. The first-order chi connectivity index (χ1) is 19.7. The Kier molecular flexibility index (Phi) is 8.28. The van der Waals surface area contributed by atoms with Crippen molar-refractivity contribution in [1.29, 1.82) is 0 Å². The number of rotatable bonds is 7. The summed E-state index contributed by atoms with van der Waals surface area (Å²) in [5.41, 5.74) is 11.5. The maximum Gasteiger partial charge on any atom is 0.255 e. The van der Waals surface area contributed by atoms with Crippen LogP contribution in [0.15, 0.2) is 66.7 Å². The lowest BCUT2D eigenvalue weighted by molar-refractivity contribution is 0.102. The van der Waals surface area contributed by atoms with E-state index in [1.54, 1.807) is 18.2 Å². The zero-order chi connectivity index (χ0) is 29.0. The Morgan fingerprint density at radius 2 is 1.68 bits per heavy atom. The Hall–Kier alpha value is -4.34. The molecular weight excluding hydrogens is 516 g/mol. The molecule has 5 rings (SSSR count). The SMILES string of the molecule is CC(C)(C)c1ccc(C(=O)Nc2cccc(-c3nc(N)nc(Cc4ccc(N5CCOCC5)cc4)n3)c2CO)cc1. The molecule has 1 aromatic heterocycles. The summed E-state index contributed by atoms with van der Waals surface area (Å²) in [6.45, 7) is 9.29. The number of hydrogen-bond acceptors (Lipinski definition) is 8. The first-order valence-corrected chi connectivity index (χ1v) is 13.8. The third kappa shape index (κ3) is 6.70.